The minimum Gasteiger partial charge on any atom is -0.483 e. The van der Waals surface area contributed by atoms with Crippen molar-refractivity contribution in [3.8, 4) is 5.75 Å². The molecule has 6 nitrogen and oxygen atoms in total. The van der Waals surface area contributed by atoms with E-state index < -0.39 is 11.1 Å². The highest BCUT2D eigenvalue weighted by molar-refractivity contribution is 8.00. The number of anilines is 1. The molecule has 1 aromatic heterocycles. The molecule has 1 N–H and O–H groups in total. The van der Waals surface area contributed by atoms with Gasteiger partial charge in [0.15, 0.2) is 22.5 Å². The number of aromatic nitrogens is 3. The number of amides is 1. The largest absolute Gasteiger partial charge is 0.483 e. The zero-order valence-electron chi connectivity index (χ0n) is 16.2. The van der Waals surface area contributed by atoms with Crippen LogP contribution in [0.1, 0.15) is 12.7 Å². The molecule has 1 atom stereocenters. The van der Waals surface area contributed by atoms with Crippen LogP contribution < -0.4 is 10.1 Å². The standard InChI is InChI=1S/C21H20ClFN4O2S/c1-3-11-27-19(13-29-18-10-5-4-9-17(18)23)25-26-21(27)30-14(2)20(28)24-16-8-6-7-15(22)12-16/h3-10,12,14H,1,11,13H2,2H3,(H,24,28)/t14-/m0/s1. The fourth-order valence-electron chi connectivity index (χ4n) is 2.55. The van der Waals surface area contributed by atoms with Crippen LogP contribution in [0, 0.1) is 5.82 Å². The van der Waals surface area contributed by atoms with Crippen LogP contribution in [0.4, 0.5) is 10.1 Å². The Morgan fingerprint density at radius 1 is 1.33 bits per heavy atom. The Hall–Kier alpha value is -2.84. The number of halogens is 2. The monoisotopic (exact) mass is 446 g/mol. The maximum absolute atomic E-state index is 13.8. The Labute approximate surface area is 183 Å². The zero-order valence-corrected chi connectivity index (χ0v) is 17.8. The number of nitrogens with zero attached hydrogens (tertiary/aromatic N) is 3. The molecule has 0 bridgehead atoms. The maximum Gasteiger partial charge on any atom is 0.237 e. The molecule has 0 unspecified atom stereocenters. The molecule has 3 aromatic rings. The second-order valence-electron chi connectivity index (χ2n) is 6.28. The van der Waals surface area contributed by atoms with Gasteiger partial charge in [0.2, 0.25) is 5.91 Å². The highest BCUT2D eigenvalue weighted by Crippen LogP contribution is 2.25. The van der Waals surface area contributed by atoms with E-state index in [1.54, 1.807) is 60.0 Å². The summed E-state index contributed by atoms with van der Waals surface area (Å²) in [5.41, 5.74) is 0.617. The normalized spacial score (nSPS) is 11.7. The molecule has 0 saturated carbocycles. The summed E-state index contributed by atoms with van der Waals surface area (Å²) < 4.78 is 21.1. The lowest BCUT2D eigenvalue weighted by Crippen LogP contribution is -2.23. The number of benzene rings is 2. The van der Waals surface area contributed by atoms with Gasteiger partial charge < -0.3 is 10.1 Å². The summed E-state index contributed by atoms with van der Waals surface area (Å²) in [7, 11) is 0. The van der Waals surface area contributed by atoms with Gasteiger partial charge in [-0.1, -0.05) is 47.6 Å². The number of para-hydroxylation sites is 1. The Morgan fingerprint density at radius 2 is 2.13 bits per heavy atom. The molecule has 3 rings (SSSR count). The van der Waals surface area contributed by atoms with Crippen molar-refractivity contribution < 1.29 is 13.9 Å². The van der Waals surface area contributed by atoms with Gasteiger partial charge in [-0.25, -0.2) is 4.39 Å². The first-order valence-electron chi connectivity index (χ1n) is 9.11. The molecule has 0 aliphatic rings. The van der Waals surface area contributed by atoms with E-state index in [1.807, 2.05) is 0 Å². The first-order valence-corrected chi connectivity index (χ1v) is 10.4. The summed E-state index contributed by atoms with van der Waals surface area (Å²) >= 11 is 7.21. The van der Waals surface area contributed by atoms with E-state index in [-0.39, 0.29) is 18.3 Å². The fourth-order valence-corrected chi connectivity index (χ4v) is 3.62. The van der Waals surface area contributed by atoms with Crippen LogP contribution in [0.5, 0.6) is 5.75 Å². The molecule has 0 spiro atoms. The Balaban J connectivity index is 1.68. The molecule has 156 valence electrons. The molecule has 0 radical (unpaired) electrons. The second kappa shape index (κ2) is 10.3. The Bertz CT molecular complexity index is 1040. The molecule has 0 fully saturated rings. The van der Waals surface area contributed by atoms with Crippen LogP contribution in [-0.4, -0.2) is 25.9 Å². The topological polar surface area (TPSA) is 69.0 Å². The van der Waals surface area contributed by atoms with E-state index in [0.717, 1.165) is 0 Å². The number of carbonyl (C=O) groups is 1. The van der Waals surface area contributed by atoms with Crippen LogP contribution in [0.25, 0.3) is 0 Å². The number of nitrogens with one attached hydrogen (secondary N) is 1. The first kappa shape index (κ1) is 21.9. The van der Waals surface area contributed by atoms with Gasteiger partial charge in [-0.3, -0.25) is 9.36 Å². The van der Waals surface area contributed by atoms with E-state index >= 15 is 0 Å². The minimum absolute atomic E-state index is 0.0332. The average molecular weight is 447 g/mol. The molecular formula is C21H20ClFN4O2S. The van der Waals surface area contributed by atoms with E-state index in [2.05, 4.69) is 22.1 Å². The van der Waals surface area contributed by atoms with Gasteiger partial charge >= 0.3 is 0 Å². The highest BCUT2D eigenvalue weighted by atomic mass is 35.5. The molecule has 0 aliphatic heterocycles. The summed E-state index contributed by atoms with van der Waals surface area (Å²) in [6.07, 6.45) is 1.69. The number of thioether (sulfide) groups is 1. The van der Waals surface area contributed by atoms with Crippen molar-refractivity contribution in [2.75, 3.05) is 5.32 Å². The van der Waals surface area contributed by atoms with Gasteiger partial charge in [-0.2, -0.15) is 0 Å². The van der Waals surface area contributed by atoms with E-state index in [1.165, 1.54) is 17.8 Å². The molecular weight excluding hydrogens is 427 g/mol. The Morgan fingerprint density at radius 3 is 2.87 bits per heavy atom. The average Bonchev–Trinajstić information content (AvgIpc) is 3.09. The lowest BCUT2D eigenvalue weighted by Gasteiger charge is -2.13. The number of hydrogen-bond acceptors (Lipinski definition) is 5. The van der Waals surface area contributed by atoms with Crippen molar-refractivity contribution in [1.29, 1.82) is 0 Å². The van der Waals surface area contributed by atoms with Gasteiger partial charge in [0.1, 0.15) is 6.61 Å². The summed E-state index contributed by atoms with van der Waals surface area (Å²) in [5.74, 6) is -0.00926. The Kier molecular flexibility index (Phi) is 7.48. The van der Waals surface area contributed by atoms with Crippen molar-refractivity contribution in [2.45, 2.75) is 30.5 Å². The quantitative estimate of drug-likeness (QED) is 0.372. The number of carbonyl (C=O) groups excluding carboxylic acids is 1. The van der Waals surface area contributed by atoms with E-state index in [0.29, 0.717) is 28.2 Å². The smallest absolute Gasteiger partial charge is 0.237 e. The number of ether oxygens (including phenoxy) is 1. The second-order valence-corrected chi connectivity index (χ2v) is 8.02. The zero-order chi connectivity index (χ0) is 21.5. The van der Waals surface area contributed by atoms with Crippen LogP contribution in [0.15, 0.2) is 66.3 Å². The molecule has 2 aromatic carbocycles. The molecule has 0 saturated heterocycles. The number of hydrogen-bond donors (Lipinski definition) is 1. The van der Waals surface area contributed by atoms with Gasteiger partial charge in [0, 0.05) is 17.3 Å². The molecule has 1 amide bonds. The third-order valence-electron chi connectivity index (χ3n) is 4.04. The van der Waals surface area contributed by atoms with Gasteiger partial charge in [0.25, 0.3) is 0 Å². The van der Waals surface area contributed by atoms with Crippen molar-refractivity contribution in [3.05, 3.63) is 77.9 Å². The molecule has 1 heterocycles. The predicted octanol–water partition coefficient (Wildman–Crippen LogP) is 4.95. The predicted molar refractivity (Wildman–Crippen MR) is 116 cm³/mol. The van der Waals surface area contributed by atoms with Crippen LogP contribution in [0.3, 0.4) is 0 Å². The van der Waals surface area contributed by atoms with Gasteiger partial charge in [0.05, 0.1) is 5.25 Å². The third-order valence-corrected chi connectivity index (χ3v) is 5.36. The SMILES string of the molecule is C=CCn1c(COc2ccccc2F)nnc1S[C@@H](C)C(=O)Nc1cccc(Cl)c1. The highest BCUT2D eigenvalue weighted by Gasteiger charge is 2.20. The van der Waals surface area contributed by atoms with Gasteiger partial charge in [-0.05, 0) is 37.3 Å². The minimum atomic E-state index is -0.451. The lowest BCUT2D eigenvalue weighted by molar-refractivity contribution is -0.115. The van der Waals surface area contributed by atoms with Gasteiger partial charge in [-0.15, -0.1) is 16.8 Å². The van der Waals surface area contributed by atoms with E-state index in [9.17, 15) is 9.18 Å². The summed E-state index contributed by atoms with van der Waals surface area (Å²) in [6.45, 7) is 5.98. The molecule has 0 aliphatic carbocycles. The van der Waals surface area contributed by atoms with Crippen LogP contribution >= 0.6 is 23.4 Å². The fraction of sp³-hybridized carbons (Fsp3) is 0.190. The maximum atomic E-state index is 13.8. The van der Waals surface area contributed by atoms with Crippen molar-refractivity contribution >= 4 is 35.0 Å². The van der Waals surface area contributed by atoms with Crippen LogP contribution in [0.2, 0.25) is 5.02 Å². The van der Waals surface area contributed by atoms with Crippen LogP contribution in [-0.2, 0) is 17.9 Å². The van der Waals surface area contributed by atoms with Crippen molar-refractivity contribution in [1.82, 2.24) is 14.8 Å². The summed E-state index contributed by atoms with van der Waals surface area (Å²) in [5, 5.41) is 11.8. The molecule has 9 heteroatoms. The third kappa shape index (κ3) is 5.61. The summed E-state index contributed by atoms with van der Waals surface area (Å²) in [4.78, 5) is 12.5. The van der Waals surface area contributed by atoms with E-state index in [4.69, 9.17) is 16.3 Å². The lowest BCUT2D eigenvalue weighted by atomic mass is 10.3. The van der Waals surface area contributed by atoms with Crippen molar-refractivity contribution in [2.24, 2.45) is 0 Å². The number of allylic oxidation sites excluding steroid dienone is 1. The number of rotatable bonds is 9. The summed E-state index contributed by atoms with van der Waals surface area (Å²) in [6, 6.07) is 13.1. The molecule has 30 heavy (non-hydrogen) atoms. The van der Waals surface area contributed by atoms with Crippen molar-refractivity contribution in [3.63, 3.8) is 0 Å². The first-order chi connectivity index (χ1) is 14.5.